The molecule has 0 atom stereocenters. The van der Waals surface area contributed by atoms with Gasteiger partial charge in [-0.2, -0.15) is 0 Å². The molecule has 0 unspecified atom stereocenters. The van der Waals surface area contributed by atoms with Gasteiger partial charge in [-0.05, 0) is 24.3 Å². The number of furan rings is 1. The number of fused-ring (bicyclic) bond motifs is 2. The van der Waals surface area contributed by atoms with Gasteiger partial charge in [0.25, 0.3) is 0 Å². The lowest BCUT2D eigenvalue weighted by atomic mass is 10.0. The van der Waals surface area contributed by atoms with Crippen LogP contribution in [0.1, 0.15) is 19.4 Å². The zero-order valence-electron chi connectivity index (χ0n) is 12.9. The molecular formula is C17H18N2OS2. The molecule has 1 aromatic heterocycles. The van der Waals surface area contributed by atoms with Gasteiger partial charge >= 0.3 is 0 Å². The Morgan fingerprint density at radius 3 is 2.95 bits per heavy atom. The summed E-state index contributed by atoms with van der Waals surface area (Å²) in [6.45, 7) is 6.40. The molecular weight excluding hydrogens is 312 g/mol. The van der Waals surface area contributed by atoms with Gasteiger partial charge < -0.3 is 9.32 Å². The Morgan fingerprint density at radius 2 is 2.18 bits per heavy atom. The Morgan fingerprint density at radius 1 is 1.32 bits per heavy atom. The third-order valence-corrected chi connectivity index (χ3v) is 6.26. The van der Waals surface area contributed by atoms with Gasteiger partial charge in [-0.1, -0.05) is 31.7 Å². The standard InChI is InChI=1S/C17H18N2OS2/c1-10(2)16-14(19-8-7-18-17(19)22-16)11-4-5-13(21-3)15-12(11)6-9-20-15/h4-6,9-10H,7-8H2,1-3H3. The molecule has 1 aromatic carbocycles. The van der Waals surface area contributed by atoms with E-state index >= 15 is 0 Å². The summed E-state index contributed by atoms with van der Waals surface area (Å²) in [4.78, 5) is 9.63. The second kappa shape index (κ2) is 5.39. The highest BCUT2D eigenvalue weighted by Crippen LogP contribution is 2.47. The van der Waals surface area contributed by atoms with Crippen LogP contribution >= 0.6 is 23.5 Å². The second-order valence-electron chi connectivity index (χ2n) is 5.76. The first-order chi connectivity index (χ1) is 10.7. The van der Waals surface area contributed by atoms with Crippen molar-refractivity contribution in [2.75, 3.05) is 19.3 Å². The van der Waals surface area contributed by atoms with Crippen LogP contribution < -0.4 is 0 Å². The van der Waals surface area contributed by atoms with Crippen LogP contribution in [0.4, 0.5) is 0 Å². The highest BCUT2D eigenvalue weighted by molar-refractivity contribution is 8.17. The van der Waals surface area contributed by atoms with Crippen molar-refractivity contribution >= 4 is 45.4 Å². The Kier molecular flexibility index (Phi) is 3.50. The number of allylic oxidation sites excluding steroid dienone is 1. The molecule has 0 fully saturated rings. The van der Waals surface area contributed by atoms with Crippen molar-refractivity contribution in [3.63, 3.8) is 0 Å². The Labute approximate surface area is 138 Å². The first-order valence-corrected chi connectivity index (χ1v) is 9.53. The molecule has 2 aromatic rings. The molecule has 114 valence electrons. The van der Waals surface area contributed by atoms with Crippen LogP contribution in [0.5, 0.6) is 0 Å². The van der Waals surface area contributed by atoms with Gasteiger partial charge in [-0.15, -0.1) is 11.8 Å². The van der Waals surface area contributed by atoms with Crippen molar-refractivity contribution in [3.8, 4) is 0 Å². The molecule has 0 bridgehead atoms. The van der Waals surface area contributed by atoms with Crippen LogP contribution in [0, 0.1) is 5.92 Å². The summed E-state index contributed by atoms with van der Waals surface area (Å²) >= 11 is 3.56. The van der Waals surface area contributed by atoms with Crippen molar-refractivity contribution in [2.45, 2.75) is 18.7 Å². The largest absolute Gasteiger partial charge is 0.463 e. The van der Waals surface area contributed by atoms with E-state index in [0.29, 0.717) is 5.92 Å². The maximum absolute atomic E-state index is 5.75. The minimum absolute atomic E-state index is 0.496. The van der Waals surface area contributed by atoms with Crippen LogP contribution in [-0.4, -0.2) is 29.4 Å². The first kappa shape index (κ1) is 14.3. The molecule has 0 spiro atoms. The average Bonchev–Trinajstić information content (AvgIpc) is 3.20. The van der Waals surface area contributed by atoms with E-state index in [0.717, 1.165) is 23.8 Å². The van der Waals surface area contributed by atoms with Crippen molar-refractivity contribution in [2.24, 2.45) is 10.9 Å². The Balaban J connectivity index is 1.95. The van der Waals surface area contributed by atoms with Crippen molar-refractivity contribution in [1.82, 2.24) is 4.90 Å². The molecule has 22 heavy (non-hydrogen) atoms. The number of benzene rings is 1. The maximum atomic E-state index is 5.75. The summed E-state index contributed by atoms with van der Waals surface area (Å²) in [6.07, 6.45) is 3.89. The average molecular weight is 330 g/mol. The monoisotopic (exact) mass is 330 g/mol. The summed E-state index contributed by atoms with van der Waals surface area (Å²) in [7, 11) is 0. The highest BCUT2D eigenvalue weighted by atomic mass is 32.2. The molecule has 0 saturated heterocycles. The van der Waals surface area contributed by atoms with Crippen LogP contribution in [-0.2, 0) is 0 Å². The van der Waals surface area contributed by atoms with Crippen LogP contribution in [0.3, 0.4) is 0 Å². The molecule has 2 aliphatic heterocycles. The Bertz CT molecular complexity index is 804. The maximum Gasteiger partial charge on any atom is 0.168 e. The van der Waals surface area contributed by atoms with Crippen LogP contribution in [0.15, 0.2) is 43.7 Å². The molecule has 0 radical (unpaired) electrons. The van der Waals surface area contributed by atoms with Crippen LogP contribution in [0.25, 0.3) is 16.7 Å². The van der Waals surface area contributed by atoms with Gasteiger partial charge in [0.15, 0.2) is 5.17 Å². The number of thioether (sulfide) groups is 2. The van der Waals surface area contributed by atoms with E-state index in [2.05, 4.69) is 48.2 Å². The lowest BCUT2D eigenvalue weighted by Gasteiger charge is -2.19. The molecule has 5 heteroatoms. The van der Waals surface area contributed by atoms with Gasteiger partial charge in [0, 0.05) is 22.4 Å². The zero-order chi connectivity index (χ0) is 15.3. The second-order valence-corrected chi connectivity index (χ2v) is 7.62. The molecule has 0 amide bonds. The quantitative estimate of drug-likeness (QED) is 0.749. The minimum atomic E-state index is 0.496. The number of amidine groups is 1. The fraction of sp³-hybridized carbons (Fsp3) is 0.353. The van der Waals surface area contributed by atoms with E-state index < -0.39 is 0 Å². The molecule has 0 aliphatic carbocycles. The van der Waals surface area contributed by atoms with Crippen LogP contribution in [0.2, 0.25) is 0 Å². The fourth-order valence-corrected chi connectivity index (χ4v) is 4.82. The van der Waals surface area contributed by atoms with E-state index in [-0.39, 0.29) is 0 Å². The third kappa shape index (κ3) is 2.02. The minimum Gasteiger partial charge on any atom is -0.463 e. The smallest absolute Gasteiger partial charge is 0.168 e. The lowest BCUT2D eigenvalue weighted by molar-refractivity contribution is 0.608. The number of aliphatic imine (C=N–C) groups is 1. The summed E-state index contributed by atoms with van der Waals surface area (Å²) < 4.78 is 5.75. The van der Waals surface area contributed by atoms with E-state index in [4.69, 9.17) is 4.42 Å². The van der Waals surface area contributed by atoms with E-state index in [9.17, 15) is 0 Å². The zero-order valence-corrected chi connectivity index (χ0v) is 14.6. The molecule has 2 aliphatic rings. The fourth-order valence-electron chi connectivity index (χ4n) is 3.07. The van der Waals surface area contributed by atoms with Crippen molar-refractivity contribution < 1.29 is 4.42 Å². The van der Waals surface area contributed by atoms with E-state index in [1.165, 1.54) is 26.4 Å². The molecule has 3 heterocycles. The first-order valence-electron chi connectivity index (χ1n) is 7.49. The molecule has 3 nitrogen and oxygen atoms in total. The highest BCUT2D eigenvalue weighted by Gasteiger charge is 2.35. The topological polar surface area (TPSA) is 28.7 Å². The lowest BCUT2D eigenvalue weighted by Crippen LogP contribution is -2.20. The third-order valence-electron chi connectivity index (χ3n) is 4.09. The number of rotatable bonds is 3. The molecule has 0 N–H and O–H groups in total. The van der Waals surface area contributed by atoms with Gasteiger partial charge in [-0.3, -0.25) is 4.99 Å². The predicted molar refractivity (Wildman–Crippen MR) is 96.4 cm³/mol. The van der Waals surface area contributed by atoms with Gasteiger partial charge in [0.2, 0.25) is 0 Å². The molecule has 4 rings (SSSR count). The summed E-state index contributed by atoms with van der Waals surface area (Å²) in [6, 6.07) is 6.50. The van der Waals surface area contributed by atoms with Gasteiger partial charge in [0.1, 0.15) is 5.58 Å². The summed E-state index contributed by atoms with van der Waals surface area (Å²) in [5.74, 6) is 0.496. The summed E-state index contributed by atoms with van der Waals surface area (Å²) in [5.41, 5.74) is 3.59. The SMILES string of the molecule is CSc1ccc(C2=C(C(C)C)SC3=NCCN32)c2ccoc12. The Hall–Kier alpha value is -1.33. The van der Waals surface area contributed by atoms with Gasteiger partial charge in [-0.25, -0.2) is 0 Å². The van der Waals surface area contributed by atoms with Gasteiger partial charge in [0.05, 0.1) is 23.4 Å². The molecule has 0 saturated carbocycles. The normalized spacial score (nSPS) is 17.8. The predicted octanol–water partition coefficient (Wildman–Crippen LogP) is 4.90. The number of hydrogen-bond donors (Lipinski definition) is 0. The van der Waals surface area contributed by atoms with E-state index in [1.54, 1.807) is 18.0 Å². The number of hydrogen-bond acceptors (Lipinski definition) is 5. The van der Waals surface area contributed by atoms with Crippen molar-refractivity contribution in [1.29, 1.82) is 0 Å². The number of nitrogens with zero attached hydrogens (tertiary/aromatic N) is 2. The summed E-state index contributed by atoms with van der Waals surface area (Å²) in [5, 5.41) is 2.36. The van der Waals surface area contributed by atoms with E-state index in [1.807, 2.05) is 11.8 Å². The van der Waals surface area contributed by atoms with Crippen molar-refractivity contribution in [3.05, 3.63) is 34.9 Å².